The number of carbonyl (C=O) groups is 3. The second-order valence-electron chi connectivity index (χ2n) is 7.70. The van der Waals surface area contributed by atoms with Gasteiger partial charge in [-0.25, -0.2) is 4.79 Å². The van der Waals surface area contributed by atoms with E-state index in [0.717, 1.165) is 24.8 Å². The number of Topliss-reactive ketones (excluding diaryl/α,β-unsaturated/α-hetero) is 1. The van der Waals surface area contributed by atoms with E-state index in [-0.39, 0.29) is 17.6 Å². The minimum absolute atomic E-state index is 0.0755. The van der Waals surface area contributed by atoms with Crippen molar-refractivity contribution in [3.8, 4) is 0 Å². The summed E-state index contributed by atoms with van der Waals surface area (Å²) in [5.74, 6) is 0.0419. The van der Waals surface area contributed by atoms with Crippen LogP contribution in [0, 0.1) is 12.8 Å². The van der Waals surface area contributed by atoms with Crippen molar-refractivity contribution in [3.63, 3.8) is 0 Å². The molecule has 7 heteroatoms. The quantitative estimate of drug-likeness (QED) is 0.477. The Bertz CT molecular complexity index is 698. The minimum Gasteiger partial charge on any atom is -0.465 e. The Kier molecular flexibility index (Phi) is 9.12. The first kappa shape index (κ1) is 23.6. The lowest BCUT2D eigenvalue weighted by Crippen LogP contribution is -2.40. The Morgan fingerprint density at radius 2 is 1.79 bits per heavy atom. The van der Waals surface area contributed by atoms with Crippen molar-refractivity contribution in [2.45, 2.75) is 65.9 Å². The van der Waals surface area contributed by atoms with Crippen LogP contribution in [0.3, 0.4) is 0 Å². The first-order valence-corrected chi connectivity index (χ1v) is 9.61. The SMILES string of the molecule is Cc1ccc(NC(=O)O)cc1NC(=O)C(C)(C)OCCCCCC(=O)C(C)C. The molecule has 1 aromatic rings. The van der Waals surface area contributed by atoms with E-state index in [1.807, 2.05) is 20.8 Å². The molecular weight excluding hydrogens is 360 g/mol. The molecule has 0 radical (unpaired) electrons. The lowest BCUT2D eigenvalue weighted by molar-refractivity contribution is -0.137. The molecule has 0 atom stereocenters. The molecule has 0 bridgehead atoms. The van der Waals surface area contributed by atoms with E-state index in [9.17, 15) is 14.4 Å². The van der Waals surface area contributed by atoms with Gasteiger partial charge in [0.2, 0.25) is 0 Å². The van der Waals surface area contributed by atoms with Crippen LogP contribution < -0.4 is 10.6 Å². The second kappa shape index (κ2) is 10.8. The van der Waals surface area contributed by atoms with Crippen LogP contribution in [0.15, 0.2) is 18.2 Å². The number of rotatable bonds is 11. The highest BCUT2D eigenvalue weighted by Gasteiger charge is 2.28. The number of ketones is 1. The highest BCUT2D eigenvalue weighted by Crippen LogP contribution is 2.22. The molecule has 0 spiro atoms. The number of benzene rings is 1. The zero-order valence-corrected chi connectivity index (χ0v) is 17.4. The van der Waals surface area contributed by atoms with Gasteiger partial charge in [-0.3, -0.25) is 14.9 Å². The summed E-state index contributed by atoms with van der Waals surface area (Å²) in [6, 6.07) is 4.93. The van der Waals surface area contributed by atoms with Gasteiger partial charge in [0.05, 0.1) is 0 Å². The van der Waals surface area contributed by atoms with E-state index in [1.54, 1.807) is 32.0 Å². The molecule has 1 aromatic carbocycles. The first-order valence-electron chi connectivity index (χ1n) is 9.61. The maximum atomic E-state index is 12.6. The third kappa shape index (κ3) is 8.08. The van der Waals surface area contributed by atoms with Gasteiger partial charge in [0.1, 0.15) is 11.4 Å². The van der Waals surface area contributed by atoms with Crippen LogP contribution >= 0.6 is 0 Å². The predicted octanol–water partition coefficient (Wildman–Crippen LogP) is 4.60. The Hall–Kier alpha value is -2.41. The van der Waals surface area contributed by atoms with Crippen molar-refractivity contribution in [2.24, 2.45) is 5.92 Å². The number of carbonyl (C=O) groups excluding carboxylic acids is 2. The summed E-state index contributed by atoms with van der Waals surface area (Å²) in [7, 11) is 0. The fourth-order valence-electron chi connectivity index (χ4n) is 2.49. The second-order valence-corrected chi connectivity index (χ2v) is 7.70. The van der Waals surface area contributed by atoms with Crippen LogP contribution in [-0.2, 0) is 14.3 Å². The lowest BCUT2D eigenvalue weighted by Gasteiger charge is -2.25. The summed E-state index contributed by atoms with van der Waals surface area (Å²) in [5, 5.41) is 13.9. The summed E-state index contributed by atoms with van der Waals surface area (Å²) in [5.41, 5.74) is 0.689. The van der Waals surface area contributed by atoms with Crippen LogP contribution in [0.4, 0.5) is 16.2 Å². The van der Waals surface area contributed by atoms with Gasteiger partial charge in [-0.15, -0.1) is 0 Å². The number of unbranched alkanes of at least 4 members (excludes halogenated alkanes) is 2. The fraction of sp³-hybridized carbons (Fsp3) is 0.571. The van der Waals surface area contributed by atoms with E-state index in [0.29, 0.717) is 24.4 Å². The maximum Gasteiger partial charge on any atom is 0.409 e. The van der Waals surface area contributed by atoms with Crippen LogP contribution in [0.5, 0.6) is 0 Å². The van der Waals surface area contributed by atoms with Gasteiger partial charge in [-0.1, -0.05) is 26.3 Å². The zero-order valence-electron chi connectivity index (χ0n) is 17.4. The standard InChI is InChI=1S/C21H32N2O5/c1-14(2)18(24)9-7-6-8-12-28-21(4,5)19(25)23-17-13-16(22-20(26)27)11-10-15(17)3/h10-11,13-14,22H,6-9,12H2,1-5H3,(H,23,25)(H,26,27). The number of amides is 2. The Labute approximate surface area is 166 Å². The Balaban J connectivity index is 2.50. The van der Waals surface area contributed by atoms with Gasteiger partial charge in [-0.2, -0.15) is 0 Å². The fourth-order valence-corrected chi connectivity index (χ4v) is 2.49. The van der Waals surface area contributed by atoms with E-state index in [1.165, 1.54) is 0 Å². The molecule has 156 valence electrons. The molecule has 0 saturated heterocycles. The summed E-state index contributed by atoms with van der Waals surface area (Å²) in [6.07, 6.45) is 1.90. The molecule has 0 aromatic heterocycles. The van der Waals surface area contributed by atoms with E-state index in [2.05, 4.69) is 10.6 Å². The normalized spacial score (nSPS) is 11.4. The summed E-state index contributed by atoms with van der Waals surface area (Å²) < 4.78 is 5.75. The summed E-state index contributed by atoms with van der Waals surface area (Å²) in [4.78, 5) is 34.9. The monoisotopic (exact) mass is 392 g/mol. The van der Waals surface area contributed by atoms with Crippen LogP contribution in [0.1, 0.15) is 58.9 Å². The van der Waals surface area contributed by atoms with Crippen LogP contribution in [0.25, 0.3) is 0 Å². The number of carboxylic acid groups (broad SMARTS) is 1. The number of hydrogen-bond acceptors (Lipinski definition) is 4. The van der Waals surface area contributed by atoms with E-state index in [4.69, 9.17) is 9.84 Å². The van der Waals surface area contributed by atoms with Gasteiger partial charge in [0, 0.05) is 30.3 Å². The van der Waals surface area contributed by atoms with Crippen molar-refractivity contribution in [2.75, 3.05) is 17.2 Å². The molecule has 0 fully saturated rings. The van der Waals surface area contributed by atoms with Gasteiger partial charge in [0.25, 0.3) is 5.91 Å². The molecule has 0 saturated carbocycles. The molecule has 7 nitrogen and oxygen atoms in total. The molecule has 0 unspecified atom stereocenters. The number of hydrogen-bond donors (Lipinski definition) is 3. The number of nitrogens with one attached hydrogen (secondary N) is 2. The molecule has 28 heavy (non-hydrogen) atoms. The minimum atomic E-state index is -1.17. The largest absolute Gasteiger partial charge is 0.465 e. The first-order chi connectivity index (χ1) is 13.0. The average molecular weight is 392 g/mol. The maximum absolute atomic E-state index is 12.6. The summed E-state index contributed by atoms with van der Waals surface area (Å²) >= 11 is 0. The van der Waals surface area contributed by atoms with Crippen molar-refractivity contribution >= 4 is 29.2 Å². The Morgan fingerprint density at radius 1 is 1.11 bits per heavy atom. The third-order valence-corrected chi connectivity index (χ3v) is 4.46. The third-order valence-electron chi connectivity index (χ3n) is 4.46. The van der Waals surface area contributed by atoms with Crippen molar-refractivity contribution in [1.82, 2.24) is 0 Å². The molecule has 3 N–H and O–H groups in total. The van der Waals surface area contributed by atoms with Crippen LogP contribution in [-0.4, -0.2) is 35.1 Å². The molecule has 0 aliphatic heterocycles. The molecule has 2 amide bonds. The molecule has 0 aliphatic rings. The van der Waals surface area contributed by atoms with E-state index < -0.39 is 11.7 Å². The van der Waals surface area contributed by atoms with E-state index >= 15 is 0 Å². The topological polar surface area (TPSA) is 105 Å². The van der Waals surface area contributed by atoms with Gasteiger partial charge in [-0.05, 0) is 51.3 Å². The van der Waals surface area contributed by atoms with Crippen molar-refractivity contribution in [1.29, 1.82) is 0 Å². The number of ether oxygens (including phenoxy) is 1. The highest BCUT2D eigenvalue weighted by molar-refractivity contribution is 5.98. The molecule has 0 aliphatic carbocycles. The smallest absolute Gasteiger partial charge is 0.409 e. The molecular formula is C21H32N2O5. The molecule has 0 heterocycles. The zero-order chi connectivity index (χ0) is 21.3. The van der Waals surface area contributed by atoms with Gasteiger partial charge in [0.15, 0.2) is 0 Å². The number of anilines is 2. The van der Waals surface area contributed by atoms with Crippen molar-refractivity contribution < 1.29 is 24.2 Å². The van der Waals surface area contributed by atoms with Crippen molar-refractivity contribution in [3.05, 3.63) is 23.8 Å². The van der Waals surface area contributed by atoms with Gasteiger partial charge < -0.3 is 15.2 Å². The average Bonchev–Trinajstić information content (AvgIpc) is 2.59. The lowest BCUT2D eigenvalue weighted by atomic mass is 10.0. The predicted molar refractivity (Wildman–Crippen MR) is 110 cm³/mol. The Morgan fingerprint density at radius 3 is 2.39 bits per heavy atom. The van der Waals surface area contributed by atoms with Gasteiger partial charge >= 0.3 is 6.09 Å². The molecule has 1 rings (SSSR count). The summed E-state index contributed by atoms with van der Waals surface area (Å²) in [6.45, 7) is 9.45. The highest BCUT2D eigenvalue weighted by atomic mass is 16.5. The van der Waals surface area contributed by atoms with Crippen LogP contribution in [0.2, 0.25) is 0 Å². The number of aryl methyl sites for hydroxylation is 1.